The number of amides is 1. The van der Waals surface area contributed by atoms with Crippen molar-refractivity contribution in [2.24, 2.45) is 5.92 Å². The van der Waals surface area contributed by atoms with Crippen LogP contribution in [0.5, 0.6) is 0 Å². The molecule has 1 aliphatic heterocycles. The van der Waals surface area contributed by atoms with E-state index in [1.807, 2.05) is 4.90 Å². The number of carbonyl (C=O) groups excluding carboxylic acids is 1. The van der Waals surface area contributed by atoms with Crippen LogP contribution in [0.25, 0.3) is 0 Å². The van der Waals surface area contributed by atoms with Crippen molar-refractivity contribution in [2.75, 3.05) is 19.7 Å². The molecule has 1 aromatic heterocycles. The van der Waals surface area contributed by atoms with E-state index in [1.165, 1.54) is 18.7 Å². The summed E-state index contributed by atoms with van der Waals surface area (Å²) in [5.74, 6) is 0.663. The predicted molar refractivity (Wildman–Crippen MR) is 81.4 cm³/mol. The fourth-order valence-electron chi connectivity index (χ4n) is 2.56. The number of aromatic nitrogens is 1. The number of ether oxygens (including phenoxy) is 1. The molecular weight excluding hydrogens is 268 g/mol. The number of carbonyl (C=O) groups is 1. The molecule has 0 saturated carbocycles. The minimum absolute atomic E-state index is 0.0385. The lowest BCUT2D eigenvalue weighted by atomic mass is 10.0. The fraction of sp³-hybridized carbons (Fsp3) is 0.625. The summed E-state index contributed by atoms with van der Waals surface area (Å²) < 4.78 is 5.74. The second kappa shape index (κ2) is 7.41. The van der Waals surface area contributed by atoms with Crippen molar-refractivity contribution in [1.29, 1.82) is 0 Å². The standard InChI is InChI=1S/C16H24N2O3/c1-12(2)4-3-5-14-11-18(8-9-21-14)16(20)13-6-7-15(19)17-10-13/h6-7,10,12,14H,3-5,8-9,11H2,1-2H3,(H,17,19)/t14-/m0/s1. The average Bonchev–Trinajstić information content (AvgIpc) is 2.47. The summed E-state index contributed by atoms with van der Waals surface area (Å²) in [5.41, 5.74) is 0.331. The lowest BCUT2D eigenvalue weighted by Gasteiger charge is -2.33. The maximum atomic E-state index is 12.4. The molecule has 0 aromatic carbocycles. The Balaban J connectivity index is 1.89. The number of rotatable bonds is 5. The first-order valence-corrected chi connectivity index (χ1v) is 7.66. The van der Waals surface area contributed by atoms with Crippen LogP contribution in [0.1, 0.15) is 43.5 Å². The molecule has 0 spiro atoms. The van der Waals surface area contributed by atoms with E-state index in [1.54, 1.807) is 6.07 Å². The largest absolute Gasteiger partial charge is 0.375 e. The van der Waals surface area contributed by atoms with E-state index in [0.29, 0.717) is 31.2 Å². The quantitative estimate of drug-likeness (QED) is 0.903. The van der Waals surface area contributed by atoms with E-state index < -0.39 is 0 Å². The topological polar surface area (TPSA) is 62.4 Å². The summed E-state index contributed by atoms with van der Waals surface area (Å²) in [6.45, 7) is 6.26. The first-order chi connectivity index (χ1) is 10.1. The molecule has 5 nitrogen and oxygen atoms in total. The van der Waals surface area contributed by atoms with E-state index in [0.717, 1.165) is 12.8 Å². The second-order valence-corrected chi connectivity index (χ2v) is 6.01. The summed E-state index contributed by atoms with van der Waals surface area (Å²) in [7, 11) is 0. The molecule has 1 amide bonds. The zero-order chi connectivity index (χ0) is 15.2. The number of pyridine rings is 1. The Labute approximate surface area is 125 Å². The monoisotopic (exact) mass is 292 g/mol. The number of aromatic amines is 1. The smallest absolute Gasteiger partial charge is 0.255 e. The van der Waals surface area contributed by atoms with Crippen LogP contribution in [0, 0.1) is 5.92 Å². The maximum absolute atomic E-state index is 12.4. The third-order valence-corrected chi connectivity index (χ3v) is 3.76. The molecule has 1 N–H and O–H groups in total. The van der Waals surface area contributed by atoms with Gasteiger partial charge < -0.3 is 14.6 Å². The SMILES string of the molecule is CC(C)CCC[C@H]1CN(C(=O)c2ccc(=O)[nH]c2)CCO1. The van der Waals surface area contributed by atoms with E-state index in [9.17, 15) is 9.59 Å². The molecular formula is C16H24N2O3. The summed E-state index contributed by atoms with van der Waals surface area (Å²) in [6, 6.07) is 2.96. The molecule has 1 fully saturated rings. The summed E-state index contributed by atoms with van der Waals surface area (Å²) in [4.78, 5) is 27.8. The molecule has 1 aromatic rings. The number of hydrogen-bond donors (Lipinski definition) is 1. The highest BCUT2D eigenvalue weighted by atomic mass is 16.5. The van der Waals surface area contributed by atoms with Gasteiger partial charge in [-0.15, -0.1) is 0 Å². The lowest BCUT2D eigenvalue weighted by Crippen LogP contribution is -2.45. The Hall–Kier alpha value is -1.62. The first-order valence-electron chi connectivity index (χ1n) is 7.66. The van der Waals surface area contributed by atoms with Gasteiger partial charge in [-0.2, -0.15) is 0 Å². The van der Waals surface area contributed by atoms with E-state index in [-0.39, 0.29) is 17.6 Å². The van der Waals surface area contributed by atoms with Gasteiger partial charge in [0, 0.05) is 25.4 Å². The molecule has 0 bridgehead atoms. The zero-order valence-electron chi connectivity index (χ0n) is 12.8. The Bertz CT molecular complexity index is 504. The van der Waals surface area contributed by atoms with Gasteiger partial charge in [0.1, 0.15) is 0 Å². The molecule has 1 saturated heterocycles. The molecule has 2 heterocycles. The van der Waals surface area contributed by atoms with Crippen LogP contribution >= 0.6 is 0 Å². The van der Waals surface area contributed by atoms with Crippen molar-refractivity contribution in [1.82, 2.24) is 9.88 Å². The fourth-order valence-corrected chi connectivity index (χ4v) is 2.56. The number of hydrogen-bond acceptors (Lipinski definition) is 3. The number of H-pyrrole nitrogens is 1. The summed E-state index contributed by atoms with van der Waals surface area (Å²) >= 11 is 0. The lowest BCUT2D eigenvalue weighted by molar-refractivity contribution is -0.0260. The predicted octanol–water partition coefficient (Wildman–Crippen LogP) is 2.04. The second-order valence-electron chi connectivity index (χ2n) is 6.01. The molecule has 5 heteroatoms. The molecule has 1 aliphatic rings. The van der Waals surface area contributed by atoms with Crippen LogP contribution in [0.2, 0.25) is 0 Å². The van der Waals surface area contributed by atoms with Crippen LogP contribution in [-0.4, -0.2) is 41.6 Å². The van der Waals surface area contributed by atoms with Crippen molar-refractivity contribution in [3.05, 3.63) is 34.2 Å². The normalized spacial score (nSPS) is 19.0. The van der Waals surface area contributed by atoms with E-state index in [2.05, 4.69) is 18.8 Å². The van der Waals surface area contributed by atoms with Gasteiger partial charge in [0.2, 0.25) is 5.56 Å². The molecule has 0 unspecified atom stereocenters. The van der Waals surface area contributed by atoms with Crippen LogP contribution in [0.15, 0.2) is 23.1 Å². The van der Waals surface area contributed by atoms with Crippen LogP contribution in [0.3, 0.4) is 0 Å². The van der Waals surface area contributed by atoms with E-state index >= 15 is 0 Å². The van der Waals surface area contributed by atoms with Crippen molar-refractivity contribution in [3.63, 3.8) is 0 Å². The van der Waals surface area contributed by atoms with Gasteiger partial charge >= 0.3 is 0 Å². The minimum Gasteiger partial charge on any atom is -0.375 e. The highest BCUT2D eigenvalue weighted by molar-refractivity contribution is 5.93. The van der Waals surface area contributed by atoms with Gasteiger partial charge in [-0.05, 0) is 18.4 Å². The van der Waals surface area contributed by atoms with E-state index in [4.69, 9.17) is 4.74 Å². The van der Waals surface area contributed by atoms with Gasteiger partial charge in [-0.3, -0.25) is 9.59 Å². The van der Waals surface area contributed by atoms with Crippen molar-refractivity contribution in [2.45, 2.75) is 39.2 Å². The minimum atomic E-state index is -0.194. The molecule has 21 heavy (non-hydrogen) atoms. The summed E-state index contributed by atoms with van der Waals surface area (Å²) in [5, 5.41) is 0. The molecule has 2 rings (SSSR count). The van der Waals surface area contributed by atoms with Gasteiger partial charge in [-0.1, -0.05) is 26.7 Å². The number of nitrogens with zero attached hydrogens (tertiary/aromatic N) is 1. The molecule has 0 radical (unpaired) electrons. The first kappa shape index (κ1) is 15.8. The van der Waals surface area contributed by atoms with Crippen molar-refractivity contribution < 1.29 is 9.53 Å². The Kier molecular flexibility index (Phi) is 5.56. The van der Waals surface area contributed by atoms with Crippen LogP contribution in [-0.2, 0) is 4.74 Å². The number of morpholine rings is 1. The van der Waals surface area contributed by atoms with Gasteiger partial charge in [0.15, 0.2) is 0 Å². The Morgan fingerprint density at radius 3 is 2.95 bits per heavy atom. The third-order valence-electron chi connectivity index (χ3n) is 3.76. The Morgan fingerprint density at radius 1 is 1.48 bits per heavy atom. The van der Waals surface area contributed by atoms with Gasteiger partial charge in [-0.25, -0.2) is 0 Å². The highest BCUT2D eigenvalue weighted by Gasteiger charge is 2.24. The number of nitrogens with one attached hydrogen (secondary N) is 1. The van der Waals surface area contributed by atoms with Crippen LogP contribution in [0.4, 0.5) is 0 Å². The van der Waals surface area contributed by atoms with Crippen molar-refractivity contribution >= 4 is 5.91 Å². The third kappa shape index (κ3) is 4.70. The van der Waals surface area contributed by atoms with Gasteiger partial charge in [0.25, 0.3) is 5.91 Å². The maximum Gasteiger partial charge on any atom is 0.255 e. The van der Waals surface area contributed by atoms with Gasteiger partial charge in [0.05, 0.1) is 18.3 Å². The molecule has 1 atom stereocenters. The average molecular weight is 292 g/mol. The Morgan fingerprint density at radius 2 is 2.29 bits per heavy atom. The zero-order valence-corrected chi connectivity index (χ0v) is 12.8. The molecule has 0 aliphatic carbocycles. The van der Waals surface area contributed by atoms with Crippen molar-refractivity contribution in [3.8, 4) is 0 Å². The highest BCUT2D eigenvalue weighted by Crippen LogP contribution is 2.16. The van der Waals surface area contributed by atoms with Crippen LogP contribution < -0.4 is 5.56 Å². The summed E-state index contributed by atoms with van der Waals surface area (Å²) in [6.07, 6.45) is 4.92. The molecule has 116 valence electrons.